The lowest BCUT2D eigenvalue weighted by molar-refractivity contribution is -0.359. The molecule has 2 rings (SSSR count). The Kier molecular flexibility index (Phi) is 58.9. The fourth-order valence-corrected chi connectivity index (χ4v) is 12.9. The minimum Gasteiger partial charge on any atom is -0.394 e. The minimum absolute atomic E-state index is 0.200. The number of hydrogen-bond acceptors (Lipinski definition) is 13. The number of carbonyl (C=O) groups is 1. The molecule has 2 aliphatic rings. The molecular formula is C79H145NO13. The molecule has 14 nitrogen and oxygen atoms in total. The Labute approximate surface area is 568 Å². The molecule has 2 aliphatic heterocycles. The van der Waals surface area contributed by atoms with E-state index in [-0.39, 0.29) is 12.5 Å². The SMILES string of the molecule is CC/C=C\C/C=C\C/C=C\C/C=C\C/C=C\CCCCCCCCCCCCCCCCCCCCCCCCCC(=O)NC(COC1OC(CO)C(OC2OC(CO)C(O)C(O)C2O)C(O)C1O)C(O)CCCCCCCCCCCCCCCCCCCCCC. The molecule has 2 heterocycles. The van der Waals surface area contributed by atoms with E-state index in [1.807, 2.05) is 0 Å². The van der Waals surface area contributed by atoms with Crippen LogP contribution in [-0.2, 0) is 23.7 Å². The molecule has 544 valence electrons. The van der Waals surface area contributed by atoms with Crippen LogP contribution in [0.2, 0.25) is 0 Å². The summed E-state index contributed by atoms with van der Waals surface area (Å²) < 4.78 is 23.0. The van der Waals surface area contributed by atoms with Crippen LogP contribution < -0.4 is 5.32 Å². The van der Waals surface area contributed by atoms with Crippen molar-refractivity contribution in [1.29, 1.82) is 0 Å². The van der Waals surface area contributed by atoms with Gasteiger partial charge in [0.05, 0.1) is 32.0 Å². The fraction of sp³-hybridized carbons (Fsp3) is 0.861. The molecule has 1 amide bonds. The Bertz CT molecular complexity index is 1790. The standard InChI is InChI=1S/C79H145NO13/c1-3-5-7-9-11-13-15-17-19-21-23-25-26-27-28-29-30-31-32-33-34-35-36-37-38-39-40-41-42-43-45-47-49-51-53-55-57-59-61-63-71(84)80-67(68(83)62-60-58-56-54-52-50-48-46-44-24-22-20-18-16-14-12-10-8-6-4-2)66-90-78-76(89)74(87)77(70(65-82)92-78)93-79-75(88)73(86)72(85)69(64-81)91-79/h5,7,11,13,17,19,23,25,27-28,67-70,72-79,81-83,85-89H,3-4,6,8-10,12,14-16,18,20-22,24,26,29-66H2,1-2H3,(H,80,84)/b7-5-,13-11-,19-17-,25-23-,28-27-. The van der Waals surface area contributed by atoms with Crippen molar-refractivity contribution in [3.05, 3.63) is 60.8 Å². The van der Waals surface area contributed by atoms with Gasteiger partial charge in [0, 0.05) is 6.42 Å². The monoisotopic (exact) mass is 1320 g/mol. The van der Waals surface area contributed by atoms with E-state index in [1.165, 1.54) is 231 Å². The van der Waals surface area contributed by atoms with Gasteiger partial charge in [-0.2, -0.15) is 0 Å². The van der Waals surface area contributed by atoms with Crippen LogP contribution in [0.15, 0.2) is 60.8 Å². The molecule has 0 bridgehead atoms. The summed E-state index contributed by atoms with van der Waals surface area (Å²) in [4.78, 5) is 13.4. The van der Waals surface area contributed by atoms with Gasteiger partial charge in [0.1, 0.15) is 48.8 Å². The molecule has 0 radical (unpaired) electrons. The zero-order valence-electron chi connectivity index (χ0n) is 59.5. The average molecular weight is 1320 g/mol. The van der Waals surface area contributed by atoms with Crippen LogP contribution in [0.4, 0.5) is 0 Å². The molecule has 12 unspecified atom stereocenters. The highest BCUT2D eigenvalue weighted by molar-refractivity contribution is 5.76. The topological polar surface area (TPSA) is 228 Å². The number of ether oxygens (including phenoxy) is 4. The molecule has 0 aliphatic carbocycles. The number of aliphatic hydroxyl groups excluding tert-OH is 8. The van der Waals surface area contributed by atoms with Crippen molar-refractivity contribution >= 4 is 5.91 Å². The van der Waals surface area contributed by atoms with Crippen molar-refractivity contribution in [1.82, 2.24) is 5.32 Å². The van der Waals surface area contributed by atoms with Crippen LogP contribution in [0.25, 0.3) is 0 Å². The predicted octanol–water partition coefficient (Wildman–Crippen LogP) is 17.2. The third-order valence-corrected chi connectivity index (χ3v) is 19.0. The first-order valence-corrected chi connectivity index (χ1v) is 39.0. The van der Waals surface area contributed by atoms with Gasteiger partial charge in [0.2, 0.25) is 5.91 Å². The van der Waals surface area contributed by atoms with Crippen LogP contribution >= 0.6 is 0 Å². The fourth-order valence-electron chi connectivity index (χ4n) is 12.9. The quantitative estimate of drug-likeness (QED) is 0.0204. The maximum absolute atomic E-state index is 13.4. The van der Waals surface area contributed by atoms with Gasteiger partial charge >= 0.3 is 0 Å². The summed E-state index contributed by atoms with van der Waals surface area (Å²) in [6.07, 6.45) is 68.3. The number of rotatable bonds is 65. The third-order valence-electron chi connectivity index (χ3n) is 19.0. The molecule has 0 spiro atoms. The Morgan fingerprint density at radius 3 is 1.14 bits per heavy atom. The van der Waals surface area contributed by atoms with E-state index in [0.29, 0.717) is 12.8 Å². The normalized spacial score (nSPS) is 22.9. The van der Waals surface area contributed by atoms with Gasteiger partial charge in [0.15, 0.2) is 12.6 Å². The van der Waals surface area contributed by atoms with Crippen molar-refractivity contribution in [2.75, 3.05) is 19.8 Å². The maximum atomic E-state index is 13.4. The number of aliphatic hydroxyl groups is 8. The Balaban J connectivity index is 1.57. The Morgan fingerprint density at radius 2 is 0.742 bits per heavy atom. The number of allylic oxidation sites excluding steroid dienone is 10. The highest BCUT2D eigenvalue weighted by atomic mass is 16.7. The highest BCUT2D eigenvalue weighted by Crippen LogP contribution is 2.30. The number of carbonyl (C=O) groups excluding carboxylic acids is 1. The van der Waals surface area contributed by atoms with Gasteiger partial charge in [-0.05, 0) is 57.8 Å². The number of hydrogen-bond donors (Lipinski definition) is 9. The predicted molar refractivity (Wildman–Crippen MR) is 383 cm³/mol. The summed E-state index contributed by atoms with van der Waals surface area (Å²) in [6.45, 7) is 2.80. The molecule has 93 heavy (non-hydrogen) atoms. The average Bonchev–Trinajstić information content (AvgIpc) is 0.854. The molecule has 2 saturated heterocycles. The van der Waals surface area contributed by atoms with Crippen LogP contribution in [0.1, 0.15) is 341 Å². The first-order valence-electron chi connectivity index (χ1n) is 39.0. The van der Waals surface area contributed by atoms with E-state index in [0.717, 1.165) is 83.5 Å². The van der Waals surface area contributed by atoms with Gasteiger partial charge in [-0.25, -0.2) is 0 Å². The van der Waals surface area contributed by atoms with Crippen molar-refractivity contribution in [2.45, 2.75) is 415 Å². The van der Waals surface area contributed by atoms with Crippen LogP contribution in [0, 0.1) is 0 Å². The first-order chi connectivity index (χ1) is 45.6. The van der Waals surface area contributed by atoms with E-state index in [1.54, 1.807) is 0 Å². The molecular weight excluding hydrogens is 1170 g/mol. The van der Waals surface area contributed by atoms with Gasteiger partial charge in [0.25, 0.3) is 0 Å². The number of unbranched alkanes of at least 4 members (excludes halogenated alkanes) is 42. The lowest BCUT2D eigenvalue weighted by Crippen LogP contribution is -2.65. The summed E-state index contributed by atoms with van der Waals surface area (Å²) in [6, 6.07) is -0.829. The lowest BCUT2D eigenvalue weighted by Gasteiger charge is -2.46. The van der Waals surface area contributed by atoms with Gasteiger partial charge in [-0.1, -0.05) is 338 Å². The van der Waals surface area contributed by atoms with Gasteiger partial charge in [-0.3, -0.25) is 4.79 Å². The third kappa shape index (κ3) is 46.6. The minimum atomic E-state index is -1.78. The smallest absolute Gasteiger partial charge is 0.220 e. The summed E-state index contributed by atoms with van der Waals surface area (Å²) in [7, 11) is 0. The molecule has 12 atom stereocenters. The zero-order chi connectivity index (χ0) is 67.3. The van der Waals surface area contributed by atoms with Crippen LogP contribution in [0.3, 0.4) is 0 Å². The molecule has 2 fully saturated rings. The van der Waals surface area contributed by atoms with Crippen molar-refractivity contribution in [3.8, 4) is 0 Å². The summed E-state index contributed by atoms with van der Waals surface area (Å²) in [5, 5.41) is 87.7. The number of nitrogens with one attached hydrogen (secondary N) is 1. The molecule has 0 aromatic rings. The van der Waals surface area contributed by atoms with Crippen molar-refractivity contribution < 1.29 is 64.6 Å². The zero-order valence-corrected chi connectivity index (χ0v) is 59.5. The second-order valence-corrected chi connectivity index (χ2v) is 27.5. The van der Waals surface area contributed by atoms with E-state index in [2.05, 4.69) is 79.9 Å². The summed E-state index contributed by atoms with van der Waals surface area (Å²) in [5.74, 6) is -0.200. The largest absolute Gasteiger partial charge is 0.394 e. The van der Waals surface area contributed by atoms with E-state index < -0.39 is 86.8 Å². The summed E-state index contributed by atoms with van der Waals surface area (Å²) in [5.41, 5.74) is 0. The Morgan fingerprint density at radius 1 is 0.398 bits per heavy atom. The van der Waals surface area contributed by atoms with Gasteiger partial charge in [-0.15, -0.1) is 0 Å². The Hall–Kier alpha value is -2.31. The second-order valence-electron chi connectivity index (χ2n) is 27.5. The molecule has 9 N–H and O–H groups in total. The van der Waals surface area contributed by atoms with Crippen LogP contribution in [0.5, 0.6) is 0 Å². The van der Waals surface area contributed by atoms with E-state index >= 15 is 0 Å². The highest BCUT2D eigenvalue weighted by Gasteiger charge is 2.51. The lowest BCUT2D eigenvalue weighted by atomic mass is 9.97. The van der Waals surface area contributed by atoms with Crippen molar-refractivity contribution in [3.63, 3.8) is 0 Å². The van der Waals surface area contributed by atoms with Crippen molar-refractivity contribution in [2.24, 2.45) is 0 Å². The number of amides is 1. The molecule has 0 aromatic heterocycles. The van der Waals surface area contributed by atoms with E-state index in [4.69, 9.17) is 18.9 Å². The first kappa shape index (κ1) is 86.8. The molecule has 0 aromatic carbocycles. The second kappa shape index (κ2) is 63.2. The van der Waals surface area contributed by atoms with Crippen LogP contribution in [-0.4, -0.2) is 140 Å². The molecule has 0 saturated carbocycles. The summed E-state index contributed by atoms with van der Waals surface area (Å²) >= 11 is 0. The maximum Gasteiger partial charge on any atom is 0.220 e. The molecule has 14 heteroatoms. The van der Waals surface area contributed by atoms with E-state index in [9.17, 15) is 45.6 Å². The van der Waals surface area contributed by atoms with Gasteiger partial charge < -0.3 is 65.1 Å².